The Labute approximate surface area is 69.6 Å². The molecule has 3 heteroatoms. The summed E-state index contributed by atoms with van der Waals surface area (Å²) in [6.45, 7) is 0. The van der Waals surface area contributed by atoms with Gasteiger partial charge in [0.15, 0.2) is 0 Å². The smallest absolute Gasteiger partial charge is 0.277 e. The molecule has 1 rings (SSSR count). The summed E-state index contributed by atoms with van der Waals surface area (Å²) in [5.41, 5.74) is 0.303. The molecule has 1 radical (unpaired) electrons. The van der Waals surface area contributed by atoms with Crippen LogP contribution in [0.1, 0.15) is 6.42 Å². The minimum Gasteiger partial charge on any atom is -0.285 e. The first-order valence-corrected chi connectivity index (χ1v) is 3.49. The molecule has 2 nitrogen and oxygen atoms in total. The van der Waals surface area contributed by atoms with Crippen LogP contribution in [-0.4, -0.2) is 16.9 Å². The van der Waals surface area contributed by atoms with Gasteiger partial charge in [-0.25, -0.2) is 0 Å². The van der Waals surface area contributed by atoms with Gasteiger partial charge in [0.25, 0.3) is 6.29 Å². The molecule has 0 bridgehead atoms. The van der Waals surface area contributed by atoms with E-state index in [1.807, 2.05) is 6.08 Å². The van der Waals surface area contributed by atoms with Crippen molar-refractivity contribution in [3.63, 3.8) is 0 Å². The molecule has 11 heavy (non-hydrogen) atoms. The van der Waals surface area contributed by atoms with E-state index in [0.29, 0.717) is 16.9 Å². The first-order chi connectivity index (χ1) is 5.25. The zero-order chi connectivity index (χ0) is 8.27. The zero-order valence-corrected chi connectivity index (χ0v) is 6.48. The van der Waals surface area contributed by atoms with Crippen LogP contribution in [-0.2, 0) is 9.59 Å². The third-order valence-corrected chi connectivity index (χ3v) is 1.73. The van der Waals surface area contributed by atoms with E-state index >= 15 is 0 Å². The molecule has 0 atom stereocenters. The average molecular weight is 165 g/mol. The molecule has 0 fully saturated rings. The summed E-state index contributed by atoms with van der Waals surface area (Å²) in [6, 6.07) is 0. The number of rotatable bonds is 2. The fraction of sp³-hybridized carbons (Fsp3) is 0.125. The lowest BCUT2D eigenvalue weighted by molar-refractivity contribution is -0.109. The number of Topliss-reactive ketones (excluding diaryl/α,β-unsaturated/α-hetero) is 1. The van der Waals surface area contributed by atoms with Crippen molar-refractivity contribution in [2.24, 2.45) is 0 Å². The van der Waals surface area contributed by atoms with Gasteiger partial charge in [-0.15, -0.1) is 0 Å². The fourth-order valence-corrected chi connectivity index (χ4v) is 1.06. The molecule has 55 valence electrons. The largest absolute Gasteiger partial charge is 0.285 e. The van der Waals surface area contributed by atoms with Crippen LogP contribution >= 0.6 is 12.2 Å². The Balaban J connectivity index is 2.92. The van der Waals surface area contributed by atoms with Crippen molar-refractivity contribution in [3.05, 3.63) is 23.8 Å². The van der Waals surface area contributed by atoms with Gasteiger partial charge >= 0.3 is 0 Å². The van der Waals surface area contributed by atoms with Gasteiger partial charge in [-0.1, -0.05) is 30.4 Å². The Morgan fingerprint density at radius 1 is 1.64 bits per heavy atom. The van der Waals surface area contributed by atoms with Crippen molar-refractivity contribution in [3.8, 4) is 0 Å². The fourth-order valence-electron chi connectivity index (χ4n) is 0.800. The maximum absolute atomic E-state index is 10.8. The highest BCUT2D eigenvalue weighted by Crippen LogP contribution is 2.09. The lowest BCUT2D eigenvalue weighted by atomic mass is 10.0. The van der Waals surface area contributed by atoms with Gasteiger partial charge < -0.3 is 0 Å². The van der Waals surface area contributed by atoms with E-state index in [-0.39, 0.29) is 0 Å². The molecule has 0 saturated carbocycles. The number of carbonyl (C=O) groups is 1. The Hall–Kier alpha value is -1.09. The summed E-state index contributed by atoms with van der Waals surface area (Å²) in [4.78, 5) is 21.2. The van der Waals surface area contributed by atoms with Gasteiger partial charge in [0.2, 0.25) is 5.78 Å². The molecule has 0 N–H and O–H groups in total. The number of hydrogen-bond donors (Lipinski definition) is 0. The highest BCUT2D eigenvalue weighted by Gasteiger charge is 2.14. The van der Waals surface area contributed by atoms with Crippen LogP contribution < -0.4 is 0 Å². The minimum absolute atomic E-state index is 0.303. The summed E-state index contributed by atoms with van der Waals surface area (Å²) < 4.78 is 0. The van der Waals surface area contributed by atoms with Crippen molar-refractivity contribution in [1.29, 1.82) is 0 Å². The number of carbonyl (C=O) groups excluding carboxylic acids is 2. The molecule has 0 aliphatic heterocycles. The molecular weight excluding hydrogens is 160 g/mol. The first-order valence-electron chi connectivity index (χ1n) is 3.08. The second-order valence-electron chi connectivity index (χ2n) is 2.07. The van der Waals surface area contributed by atoms with Crippen LogP contribution in [0.2, 0.25) is 0 Å². The number of ketones is 1. The van der Waals surface area contributed by atoms with Crippen molar-refractivity contribution >= 4 is 29.2 Å². The standard InChI is InChI=1S/C8H5O2S/c9-5-7(10)6-3-1-2-4-8(6)11/h1-3H,4H2. The van der Waals surface area contributed by atoms with Crippen LogP contribution in [0, 0.1) is 0 Å². The summed E-state index contributed by atoms with van der Waals surface area (Å²) in [5.74, 6) is -0.653. The molecule has 1 aliphatic rings. The Bertz CT molecular complexity index is 274. The van der Waals surface area contributed by atoms with E-state index in [9.17, 15) is 9.59 Å². The molecule has 0 spiro atoms. The molecule has 0 saturated heterocycles. The monoisotopic (exact) mass is 165 g/mol. The third kappa shape index (κ3) is 1.68. The number of hydrogen-bond acceptors (Lipinski definition) is 3. The van der Waals surface area contributed by atoms with Crippen LogP contribution in [0.25, 0.3) is 0 Å². The van der Waals surface area contributed by atoms with Gasteiger partial charge in [-0.05, 0) is 0 Å². The van der Waals surface area contributed by atoms with E-state index in [2.05, 4.69) is 0 Å². The van der Waals surface area contributed by atoms with Gasteiger partial charge in [0, 0.05) is 16.9 Å². The van der Waals surface area contributed by atoms with E-state index < -0.39 is 5.78 Å². The molecule has 0 heterocycles. The number of thiocarbonyl (C=S) groups is 1. The summed E-state index contributed by atoms with van der Waals surface area (Å²) in [6.07, 6.45) is 6.94. The summed E-state index contributed by atoms with van der Waals surface area (Å²) >= 11 is 4.85. The van der Waals surface area contributed by atoms with Gasteiger partial charge in [-0.2, -0.15) is 0 Å². The van der Waals surface area contributed by atoms with E-state index in [4.69, 9.17) is 12.2 Å². The Kier molecular flexibility index (Phi) is 2.44. The third-order valence-electron chi connectivity index (χ3n) is 1.34. The Morgan fingerprint density at radius 3 is 2.91 bits per heavy atom. The van der Waals surface area contributed by atoms with Crippen molar-refractivity contribution in [2.75, 3.05) is 0 Å². The maximum Gasteiger partial charge on any atom is 0.277 e. The van der Waals surface area contributed by atoms with Crippen LogP contribution in [0.4, 0.5) is 0 Å². The molecular formula is C8H5O2S. The second-order valence-corrected chi connectivity index (χ2v) is 2.56. The van der Waals surface area contributed by atoms with Crippen molar-refractivity contribution in [2.45, 2.75) is 6.42 Å². The van der Waals surface area contributed by atoms with Crippen molar-refractivity contribution in [1.82, 2.24) is 0 Å². The lowest BCUT2D eigenvalue weighted by Gasteiger charge is -2.04. The molecule has 0 unspecified atom stereocenters. The van der Waals surface area contributed by atoms with Crippen molar-refractivity contribution < 1.29 is 9.59 Å². The lowest BCUT2D eigenvalue weighted by Crippen LogP contribution is -2.12. The molecule has 0 aromatic heterocycles. The molecule has 1 aliphatic carbocycles. The summed E-state index contributed by atoms with van der Waals surface area (Å²) in [7, 11) is 0. The average Bonchev–Trinajstić information content (AvgIpc) is 2.04. The van der Waals surface area contributed by atoms with Crippen LogP contribution in [0.3, 0.4) is 0 Å². The van der Waals surface area contributed by atoms with Crippen LogP contribution in [0.15, 0.2) is 23.8 Å². The highest BCUT2D eigenvalue weighted by atomic mass is 32.1. The normalized spacial score (nSPS) is 16.0. The SMILES string of the molecule is O=[C]C(=O)C1=CC=CCC1=S. The van der Waals surface area contributed by atoms with Gasteiger partial charge in [-0.3, -0.25) is 9.59 Å². The predicted molar refractivity (Wildman–Crippen MR) is 45.1 cm³/mol. The topological polar surface area (TPSA) is 34.1 Å². The van der Waals surface area contributed by atoms with Crippen LogP contribution in [0.5, 0.6) is 0 Å². The summed E-state index contributed by atoms with van der Waals surface area (Å²) in [5, 5.41) is 0. The van der Waals surface area contributed by atoms with Gasteiger partial charge in [0.05, 0.1) is 0 Å². The van der Waals surface area contributed by atoms with E-state index in [0.717, 1.165) is 0 Å². The predicted octanol–water partition coefficient (Wildman–Crippen LogP) is 0.921. The molecule has 0 amide bonds. The molecule has 0 aromatic carbocycles. The highest BCUT2D eigenvalue weighted by molar-refractivity contribution is 7.81. The minimum atomic E-state index is -0.653. The first kappa shape index (κ1) is 8.01. The second kappa shape index (κ2) is 3.34. The maximum atomic E-state index is 10.8. The van der Waals surface area contributed by atoms with Gasteiger partial charge in [0.1, 0.15) is 0 Å². The molecule has 0 aromatic rings. The number of allylic oxidation sites excluding steroid dienone is 4. The van der Waals surface area contributed by atoms with E-state index in [1.165, 1.54) is 6.29 Å². The Morgan fingerprint density at radius 2 is 2.36 bits per heavy atom. The zero-order valence-electron chi connectivity index (χ0n) is 5.66. The quantitative estimate of drug-likeness (QED) is 0.450. The van der Waals surface area contributed by atoms with E-state index in [1.54, 1.807) is 12.2 Å².